The third-order valence-corrected chi connectivity index (χ3v) is 4.55. The summed E-state index contributed by atoms with van der Waals surface area (Å²) in [4.78, 5) is 0.299. The van der Waals surface area contributed by atoms with Crippen LogP contribution in [0.3, 0.4) is 0 Å². The third-order valence-electron chi connectivity index (χ3n) is 2.40. The molecule has 18 heavy (non-hydrogen) atoms. The molecule has 0 heterocycles. The summed E-state index contributed by atoms with van der Waals surface area (Å²) in [5.74, 6) is 0. The SMILES string of the molecule is O=S(=O)(/C=C/c1ccccc1Br)c1ccccc1. The summed E-state index contributed by atoms with van der Waals surface area (Å²) in [5, 5.41) is 1.22. The molecule has 0 saturated carbocycles. The Labute approximate surface area is 115 Å². The highest BCUT2D eigenvalue weighted by Crippen LogP contribution is 2.19. The van der Waals surface area contributed by atoms with Crippen LogP contribution in [0.2, 0.25) is 0 Å². The van der Waals surface area contributed by atoms with Gasteiger partial charge in [0.05, 0.1) is 4.90 Å². The Bertz CT molecular complexity index is 661. The summed E-state index contributed by atoms with van der Waals surface area (Å²) in [5.41, 5.74) is 0.831. The number of hydrogen-bond donors (Lipinski definition) is 0. The van der Waals surface area contributed by atoms with E-state index in [2.05, 4.69) is 15.9 Å². The minimum Gasteiger partial charge on any atom is -0.219 e. The largest absolute Gasteiger partial charge is 0.219 e. The van der Waals surface area contributed by atoms with Crippen molar-refractivity contribution >= 4 is 31.8 Å². The molecule has 0 atom stereocenters. The zero-order chi connectivity index (χ0) is 13.0. The lowest BCUT2D eigenvalue weighted by molar-refractivity contribution is 0.605. The van der Waals surface area contributed by atoms with Crippen LogP contribution in [-0.4, -0.2) is 8.42 Å². The second-order valence-corrected chi connectivity index (χ2v) is 6.37. The van der Waals surface area contributed by atoms with Crippen LogP contribution in [0.4, 0.5) is 0 Å². The topological polar surface area (TPSA) is 34.1 Å². The number of benzene rings is 2. The molecule has 2 rings (SSSR count). The van der Waals surface area contributed by atoms with E-state index in [-0.39, 0.29) is 0 Å². The predicted octanol–water partition coefficient (Wildman–Crippen LogP) is 3.89. The van der Waals surface area contributed by atoms with E-state index >= 15 is 0 Å². The van der Waals surface area contributed by atoms with Gasteiger partial charge in [0.25, 0.3) is 0 Å². The van der Waals surface area contributed by atoms with Crippen molar-refractivity contribution in [2.75, 3.05) is 0 Å². The minimum atomic E-state index is -3.38. The van der Waals surface area contributed by atoms with Gasteiger partial charge in [-0.2, -0.15) is 0 Å². The number of sulfone groups is 1. The Morgan fingerprint density at radius 1 is 0.889 bits per heavy atom. The number of rotatable bonds is 3. The maximum atomic E-state index is 12.0. The first-order valence-corrected chi connectivity index (χ1v) is 7.66. The molecule has 0 fully saturated rings. The minimum absolute atomic E-state index is 0.299. The van der Waals surface area contributed by atoms with Gasteiger partial charge in [0.2, 0.25) is 0 Å². The van der Waals surface area contributed by atoms with Gasteiger partial charge in [-0.1, -0.05) is 52.3 Å². The summed E-state index contributed by atoms with van der Waals surface area (Å²) < 4.78 is 24.9. The normalized spacial score (nSPS) is 11.8. The molecule has 4 heteroatoms. The van der Waals surface area contributed by atoms with E-state index in [1.54, 1.807) is 36.4 Å². The average Bonchev–Trinajstić information content (AvgIpc) is 2.39. The van der Waals surface area contributed by atoms with Crippen molar-refractivity contribution in [3.63, 3.8) is 0 Å². The van der Waals surface area contributed by atoms with Gasteiger partial charge >= 0.3 is 0 Å². The van der Waals surface area contributed by atoms with Crippen molar-refractivity contribution in [2.45, 2.75) is 4.90 Å². The Morgan fingerprint density at radius 3 is 2.17 bits per heavy atom. The summed E-state index contributed by atoms with van der Waals surface area (Å²) in [6, 6.07) is 15.8. The van der Waals surface area contributed by atoms with Gasteiger partial charge in [-0.25, -0.2) is 8.42 Å². The van der Waals surface area contributed by atoms with Gasteiger partial charge in [-0.3, -0.25) is 0 Å². The zero-order valence-electron chi connectivity index (χ0n) is 9.45. The molecule has 2 aromatic carbocycles. The summed E-state index contributed by atoms with van der Waals surface area (Å²) >= 11 is 3.37. The van der Waals surface area contributed by atoms with Crippen LogP contribution in [-0.2, 0) is 9.84 Å². The molecule has 0 aliphatic rings. The lowest BCUT2D eigenvalue weighted by Crippen LogP contribution is -1.95. The number of halogens is 1. The van der Waals surface area contributed by atoms with Gasteiger partial charge in [0.15, 0.2) is 9.84 Å². The smallest absolute Gasteiger partial charge is 0.199 e. The summed E-state index contributed by atoms with van der Waals surface area (Å²) in [7, 11) is -3.38. The Kier molecular flexibility index (Phi) is 3.99. The molecule has 2 nitrogen and oxygen atoms in total. The fraction of sp³-hybridized carbons (Fsp3) is 0. The summed E-state index contributed by atoms with van der Waals surface area (Å²) in [6.45, 7) is 0. The molecule has 0 saturated heterocycles. The van der Waals surface area contributed by atoms with Crippen molar-refractivity contribution < 1.29 is 8.42 Å². The summed E-state index contributed by atoms with van der Waals surface area (Å²) in [6.07, 6.45) is 1.59. The zero-order valence-corrected chi connectivity index (χ0v) is 11.9. The first-order valence-electron chi connectivity index (χ1n) is 5.32. The molecule has 0 aromatic heterocycles. The van der Waals surface area contributed by atoms with E-state index in [9.17, 15) is 8.42 Å². The second-order valence-electron chi connectivity index (χ2n) is 3.68. The average molecular weight is 323 g/mol. The Morgan fingerprint density at radius 2 is 1.50 bits per heavy atom. The van der Waals surface area contributed by atoms with Crippen molar-refractivity contribution in [2.24, 2.45) is 0 Å². The van der Waals surface area contributed by atoms with E-state index < -0.39 is 9.84 Å². The molecular weight excluding hydrogens is 312 g/mol. The van der Waals surface area contributed by atoms with Gasteiger partial charge < -0.3 is 0 Å². The van der Waals surface area contributed by atoms with Crippen molar-refractivity contribution in [1.29, 1.82) is 0 Å². The van der Waals surface area contributed by atoms with E-state index in [0.717, 1.165) is 10.0 Å². The maximum Gasteiger partial charge on any atom is 0.199 e. The van der Waals surface area contributed by atoms with Gasteiger partial charge in [-0.05, 0) is 29.8 Å². The van der Waals surface area contributed by atoms with Gasteiger partial charge in [-0.15, -0.1) is 0 Å². The molecule has 0 bridgehead atoms. The van der Waals surface area contributed by atoms with Crippen LogP contribution in [0.1, 0.15) is 5.56 Å². The highest BCUT2D eigenvalue weighted by molar-refractivity contribution is 9.10. The monoisotopic (exact) mass is 322 g/mol. The molecule has 2 aromatic rings. The van der Waals surface area contributed by atoms with Crippen molar-refractivity contribution in [3.05, 3.63) is 70.0 Å². The molecular formula is C14H11BrO2S. The molecule has 0 N–H and O–H groups in total. The second kappa shape index (κ2) is 5.50. The van der Waals surface area contributed by atoms with Crippen LogP contribution in [0.5, 0.6) is 0 Å². The van der Waals surface area contributed by atoms with Gasteiger partial charge in [0.1, 0.15) is 0 Å². The molecule has 92 valence electrons. The van der Waals surface area contributed by atoms with E-state index in [4.69, 9.17) is 0 Å². The highest BCUT2D eigenvalue weighted by Gasteiger charge is 2.08. The van der Waals surface area contributed by atoms with E-state index in [0.29, 0.717) is 4.90 Å². The molecule has 0 aliphatic heterocycles. The van der Waals surface area contributed by atoms with Crippen molar-refractivity contribution in [3.8, 4) is 0 Å². The van der Waals surface area contributed by atoms with Gasteiger partial charge in [0, 0.05) is 9.88 Å². The van der Waals surface area contributed by atoms with E-state index in [1.807, 2.05) is 24.3 Å². The lowest BCUT2D eigenvalue weighted by atomic mass is 10.2. The van der Waals surface area contributed by atoms with Crippen molar-refractivity contribution in [1.82, 2.24) is 0 Å². The third kappa shape index (κ3) is 3.09. The Hall–Kier alpha value is -1.39. The Balaban J connectivity index is 2.32. The molecule has 0 amide bonds. The number of hydrogen-bond acceptors (Lipinski definition) is 2. The highest BCUT2D eigenvalue weighted by atomic mass is 79.9. The molecule has 0 aliphatic carbocycles. The maximum absolute atomic E-state index is 12.0. The predicted molar refractivity (Wildman–Crippen MR) is 76.8 cm³/mol. The van der Waals surface area contributed by atoms with Crippen LogP contribution in [0.15, 0.2) is 69.4 Å². The fourth-order valence-corrected chi connectivity index (χ4v) is 2.90. The first-order chi connectivity index (χ1) is 8.59. The van der Waals surface area contributed by atoms with Crippen LogP contribution < -0.4 is 0 Å². The quantitative estimate of drug-likeness (QED) is 0.859. The van der Waals surface area contributed by atoms with Crippen LogP contribution >= 0.6 is 15.9 Å². The molecule has 0 radical (unpaired) electrons. The fourth-order valence-electron chi connectivity index (χ4n) is 1.46. The van der Waals surface area contributed by atoms with Crippen LogP contribution in [0.25, 0.3) is 6.08 Å². The lowest BCUT2D eigenvalue weighted by Gasteiger charge is -1.99. The standard InChI is InChI=1S/C14H11BrO2S/c15-14-9-5-4-6-12(14)10-11-18(16,17)13-7-2-1-3-8-13/h1-11H/b11-10+. The first kappa shape index (κ1) is 13.1. The van der Waals surface area contributed by atoms with Crippen LogP contribution in [0, 0.1) is 0 Å². The van der Waals surface area contributed by atoms with E-state index in [1.165, 1.54) is 5.41 Å². The molecule has 0 unspecified atom stereocenters. The molecule has 0 spiro atoms.